The predicted octanol–water partition coefficient (Wildman–Crippen LogP) is 7.66. The van der Waals surface area contributed by atoms with Crippen molar-refractivity contribution >= 4 is 35.0 Å². The van der Waals surface area contributed by atoms with Gasteiger partial charge in [0.05, 0.1) is 25.2 Å². The zero-order valence-electron chi connectivity index (χ0n) is 24.8. The van der Waals surface area contributed by atoms with Gasteiger partial charge < -0.3 is 24.3 Å². The van der Waals surface area contributed by atoms with Crippen molar-refractivity contribution in [3.05, 3.63) is 94.4 Å². The molecule has 1 aliphatic rings. The Bertz CT molecular complexity index is 1740. The summed E-state index contributed by atoms with van der Waals surface area (Å²) < 4.78 is 54.9. The molecule has 0 saturated heterocycles. The molecule has 0 unspecified atom stereocenters. The second-order valence-electron chi connectivity index (χ2n) is 11.5. The Hall–Kier alpha value is -4.73. The molecule has 0 aliphatic heterocycles. The van der Waals surface area contributed by atoms with Crippen LogP contribution in [0.4, 0.5) is 13.2 Å². The molecule has 1 aliphatic carbocycles. The van der Waals surface area contributed by atoms with Crippen LogP contribution in [0.5, 0.6) is 11.5 Å². The maximum absolute atomic E-state index is 15.4. The quantitative estimate of drug-likeness (QED) is 0.105. The topological polar surface area (TPSA) is 98.0 Å². The molecule has 0 bridgehead atoms. The molecule has 2 N–H and O–H groups in total. The number of aliphatic carboxylic acids is 2. The van der Waals surface area contributed by atoms with Gasteiger partial charge >= 0.3 is 11.9 Å². The van der Waals surface area contributed by atoms with E-state index in [2.05, 4.69) is 0 Å². The average molecular weight is 622 g/mol. The molecule has 0 amide bonds. The molecule has 1 aromatic heterocycles. The number of hydrogen-bond donors (Lipinski definition) is 2. The van der Waals surface area contributed by atoms with E-state index in [0.717, 1.165) is 24.5 Å². The maximum atomic E-state index is 15.4. The molecular formula is C35H34F3NO6. The lowest BCUT2D eigenvalue weighted by molar-refractivity contribution is -0.139. The smallest absolute Gasteiger partial charge is 0.323 e. The van der Waals surface area contributed by atoms with E-state index >= 15 is 4.39 Å². The Kier molecular flexibility index (Phi) is 9.51. The average Bonchev–Trinajstić information content (AvgIpc) is 3.70. The van der Waals surface area contributed by atoms with Crippen molar-refractivity contribution in [1.29, 1.82) is 0 Å². The van der Waals surface area contributed by atoms with Crippen LogP contribution in [0.3, 0.4) is 0 Å². The van der Waals surface area contributed by atoms with Gasteiger partial charge in [-0.3, -0.25) is 9.59 Å². The number of nitrogens with zero attached hydrogens (tertiary/aromatic N) is 1. The minimum Gasteiger partial charge on any atom is -0.494 e. The number of carbonyl (C=O) groups is 2. The zero-order valence-corrected chi connectivity index (χ0v) is 24.8. The molecule has 1 heterocycles. The van der Waals surface area contributed by atoms with Gasteiger partial charge in [0.2, 0.25) is 5.82 Å². The predicted molar refractivity (Wildman–Crippen MR) is 164 cm³/mol. The van der Waals surface area contributed by atoms with E-state index in [9.17, 15) is 28.6 Å². The summed E-state index contributed by atoms with van der Waals surface area (Å²) in [6, 6.07) is 14.1. The number of benzene rings is 3. The van der Waals surface area contributed by atoms with Crippen LogP contribution in [-0.4, -0.2) is 39.9 Å². The molecule has 236 valence electrons. The van der Waals surface area contributed by atoms with Crippen LogP contribution in [0.25, 0.3) is 23.1 Å². The van der Waals surface area contributed by atoms with Gasteiger partial charge in [-0.2, -0.15) is 4.39 Å². The molecule has 1 saturated carbocycles. The van der Waals surface area contributed by atoms with Gasteiger partial charge in [0.25, 0.3) is 0 Å². The highest BCUT2D eigenvalue weighted by Gasteiger charge is 2.45. The summed E-state index contributed by atoms with van der Waals surface area (Å²) in [6.07, 6.45) is 6.73. The number of carboxylic acid groups (broad SMARTS) is 2. The highest BCUT2D eigenvalue weighted by atomic mass is 19.2. The molecule has 10 heteroatoms. The Morgan fingerprint density at radius 1 is 0.889 bits per heavy atom. The van der Waals surface area contributed by atoms with E-state index in [-0.39, 0.29) is 25.3 Å². The van der Waals surface area contributed by atoms with E-state index in [1.165, 1.54) is 18.2 Å². The van der Waals surface area contributed by atoms with E-state index in [4.69, 9.17) is 9.47 Å². The van der Waals surface area contributed by atoms with Crippen molar-refractivity contribution < 1.29 is 42.4 Å². The fourth-order valence-corrected chi connectivity index (χ4v) is 5.68. The molecular weight excluding hydrogens is 587 g/mol. The summed E-state index contributed by atoms with van der Waals surface area (Å²) >= 11 is 0. The van der Waals surface area contributed by atoms with Crippen LogP contribution in [-0.2, 0) is 22.6 Å². The maximum Gasteiger partial charge on any atom is 0.323 e. The van der Waals surface area contributed by atoms with Gasteiger partial charge in [0.15, 0.2) is 11.6 Å². The number of fused-ring (bicyclic) bond motifs is 1. The van der Waals surface area contributed by atoms with Gasteiger partial charge in [-0.05, 0) is 97.5 Å². The Labute approximate surface area is 258 Å². The third-order valence-electron chi connectivity index (χ3n) is 8.22. The Morgan fingerprint density at radius 2 is 1.60 bits per heavy atom. The molecule has 0 spiro atoms. The standard InChI is InChI=1S/C35H34F3NO6/c1-22-26(19-35(15-16-35)20-30(40)41)32-27(36)14-11-24(34(32)39(22)21-31(42)43)10-7-23-8-12-25(13-9-23)44-17-2-3-18-45-29-6-4-5-28(37)33(29)38/h4-14H,2-3,15-21H2,1H3,(H,40,41)(H,42,43). The van der Waals surface area contributed by atoms with E-state index < -0.39 is 34.8 Å². The first-order valence-electron chi connectivity index (χ1n) is 14.8. The second kappa shape index (κ2) is 13.5. The lowest BCUT2D eigenvalue weighted by atomic mass is 9.91. The van der Waals surface area contributed by atoms with Crippen LogP contribution in [0.15, 0.2) is 54.6 Å². The monoisotopic (exact) mass is 621 g/mol. The van der Waals surface area contributed by atoms with Gasteiger partial charge in [0, 0.05) is 11.1 Å². The largest absolute Gasteiger partial charge is 0.494 e. The second-order valence-corrected chi connectivity index (χ2v) is 11.5. The van der Waals surface area contributed by atoms with Crippen LogP contribution >= 0.6 is 0 Å². The number of aromatic nitrogens is 1. The van der Waals surface area contributed by atoms with Crippen molar-refractivity contribution in [2.24, 2.45) is 5.41 Å². The highest BCUT2D eigenvalue weighted by Crippen LogP contribution is 2.53. The summed E-state index contributed by atoms with van der Waals surface area (Å²) in [5, 5.41) is 19.4. The van der Waals surface area contributed by atoms with Gasteiger partial charge in [-0.25, -0.2) is 8.78 Å². The van der Waals surface area contributed by atoms with Gasteiger partial charge in [-0.15, -0.1) is 0 Å². The molecule has 3 aromatic carbocycles. The van der Waals surface area contributed by atoms with E-state index in [1.807, 2.05) is 36.4 Å². The summed E-state index contributed by atoms with van der Waals surface area (Å²) in [5.41, 5.74) is 2.81. The van der Waals surface area contributed by atoms with Crippen molar-refractivity contribution in [3.63, 3.8) is 0 Å². The highest BCUT2D eigenvalue weighted by molar-refractivity contribution is 5.95. The molecule has 0 radical (unpaired) electrons. The lowest BCUT2D eigenvalue weighted by Gasteiger charge is -2.13. The minimum absolute atomic E-state index is 0.00876. The number of unbranched alkanes of at least 4 members (excludes halogenated alkanes) is 1. The fraction of sp³-hybridized carbons (Fsp3) is 0.314. The van der Waals surface area contributed by atoms with Crippen LogP contribution in [0.1, 0.15) is 54.5 Å². The molecule has 45 heavy (non-hydrogen) atoms. The zero-order chi connectivity index (χ0) is 32.1. The molecule has 5 rings (SSSR count). The number of rotatable bonds is 15. The van der Waals surface area contributed by atoms with E-state index in [1.54, 1.807) is 17.6 Å². The van der Waals surface area contributed by atoms with Crippen molar-refractivity contribution in [1.82, 2.24) is 4.57 Å². The first-order chi connectivity index (χ1) is 21.6. The first kappa shape index (κ1) is 31.7. The third-order valence-corrected chi connectivity index (χ3v) is 8.22. The Balaban J connectivity index is 1.25. The van der Waals surface area contributed by atoms with Gasteiger partial charge in [-0.1, -0.05) is 30.4 Å². The van der Waals surface area contributed by atoms with Crippen molar-refractivity contribution in [2.45, 2.75) is 52.0 Å². The number of hydrogen-bond acceptors (Lipinski definition) is 4. The molecule has 1 fully saturated rings. The van der Waals surface area contributed by atoms with Crippen molar-refractivity contribution in [2.75, 3.05) is 13.2 Å². The summed E-state index contributed by atoms with van der Waals surface area (Å²) in [7, 11) is 0. The number of ether oxygens (including phenoxy) is 2. The SMILES string of the molecule is Cc1c(CC2(CC(=O)O)CC2)c2c(F)ccc(C=Cc3ccc(OCCCCOc4cccc(F)c4F)cc3)c2n1CC(=O)O. The lowest BCUT2D eigenvalue weighted by Crippen LogP contribution is -2.13. The molecule has 4 aromatic rings. The first-order valence-corrected chi connectivity index (χ1v) is 14.8. The molecule has 0 atom stereocenters. The summed E-state index contributed by atoms with van der Waals surface area (Å²) in [4.78, 5) is 23.2. The number of halogens is 3. The fourth-order valence-electron chi connectivity index (χ4n) is 5.68. The van der Waals surface area contributed by atoms with Crippen molar-refractivity contribution in [3.8, 4) is 11.5 Å². The van der Waals surface area contributed by atoms with E-state index in [0.29, 0.717) is 59.3 Å². The summed E-state index contributed by atoms with van der Waals surface area (Å²) in [5.74, 6) is -3.84. The molecule has 7 nitrogen and oxygen atoms in total. The minimum atomic E-state index is -1.06. The third kappa shape index (κ3) is 7.50. The summed E-state index contributed by atoms with van der Waals surface area (Å²) in [6.45, 7) is 2.05. The van der Waals surface area contributed by atoms with Crippen LogP contribution in [0.2, 0.25) is 0 Å². The van der Waals surface area contributed by atoms with Crippen LogP contribution in [0, 0.1) is 29.8 Å². The number of carboxylic acids is 2. The Morgan fingerprint density at radius 3 is 2.27 bits per heavy atom. The normalized spacial score (nSPS) is 13.8. The van der Waals surface area contributed by atoms with Crippen LogP contribution < -0.4 is 9.47 Å². The van der Waals surface area contributed by atoms with Gasteiger partial charge in [0.1, 0.15) is 18.1 Å².